The molecule has 1 aromatic rings. The summed E-state index contributed by atoms with van der Waals surface area (Å²) in [5, 5.41) is 0. The van der Waals surface area contributed by atoms with Crippen LogP contribution in [0.4, 0.5) is 4.39 Å². The van der Waals surface area contributed by atoms with E-state index in [0.717, 1.165) is 6.07 Å². The highest BCUT2D eigenvalue weighted by molar-refractivity contribution is 7.74. The zero-order valence-corrected chi connectivity index (χ0v) is 6.18. The molecule has 1 aromatic carbocycles. The molecule has 1 N–H and O–H groups in total. The van der Waals surface area contributed by atoms with E-state index in [1.807, 2.05) is 0 Å². The first-order valence-electron chi connectivity index (χ1n) is 2.74. The Morgan fingerprint density at radius 1 is 1.45 bits per heavy atom. The van der Waals surface area contributed by atoms with Gasteiger partial charge in [-0.15, -0.1) is 0 Å². The normalized spacial score (nSPS) is 12.5. The average Bonchev–Trinajstić information content (AvgIpc) is 1.93. The Morgan fingerprint density at radius 2 is 2.09 bits per heavy atom. The fraction of sp³-hybridized carbons (Fsp3) is 0. The van der Waals surface area contributed by atoms with Crippen molar-refractivity contribution >= 4 is 11.4 Å². The maximum atomic E-state index is 12.6. The molecule has 0 bridgehead atoms. The van der Waals surface area contributed by atoms with Gasteiger partial charge in [0.05, 0.1) is 0 Å². The fourth-order valence-corrected chi connectivity index (χ4v) is 0.878. The van der Waals surface area contributed by atoms with E-state index in [1.54, 1.807) is 0 Å². The van der Waals surface area contributed by atoms with E-state index in [1.165, 1.54) is 18.2 Å². The first kappa shape index (κ1) is 8.16. The number of halogens is 1. The van der Waals surface area contributed by atoms with Crippen molar-refractivity contribution in [3.63, 3.8) is 0 Å². The number of rotatable bonds is 2. The number of hydrogen-bond donors (Lipinski definition) is 1. The molecule has 5 heteroatoms. The van der Waals surface area contributed by atoms with Gasteiger partial charge in [0.15, 0.2) is 11.6 Å². The second kappa shape index (κ2) is 3.45. The minimum atomic E-state index is -2.47. The van der Waals surface area contributed by atoms with Crippen molar-refractivity contribution in [2.45, 2.75) is 0 Å². The van der Waals surface area contributed by atoms with E-state index in [4.69, 9.17) is 4.55 Å². The van der Waals surface area contributed by atoms with Gasteiger partial charge in [0, 0.05) is 0 Å². The third-order valence-corrected chi connectivity index (χ3v) is 1.32. The molecule has 0 saturated heterocycles. The molecule has 0 aliphatic rings. The van der Waals surface area contributed by atoms with Gasteiger partial charge in [-0.1, -0.05) is 12.1 Å². The molecule has 0 aliphatic carbocycles. The van der Waals surface area contributed by atoms with E-state index < -0.39 is 17.2 Å². The van der Waals surface area contributed by atoms with Crippen LogP contribution in [0.2, 0.25) is 0 Å². The van der Waals surface area contributed by atoms with Crippen molar-refractivity contribution in [2.24, 2.45) is 0 Å². The van der Waals surface area contributed by atoms with Gasteiger partial charge < -0.3 is 4.18 Å². The van der Waals surface area contributed by atoms with E-state index >= 15 is 0 Å². The van der Waals surface area contributed by atoms with Crippen LogP contribution in [0.15, 0.2) is 24.3 Å². The zero-order chi connectivity index (χ0) is 8.27. The Bertz CT molecular complexity index is 276. The molecule has 1 atom stereocenters. The summed E-state index contributed by atoms with van der Waals surface area (Å²) in [5.74, 6) is -0.886. The van der Waals surface area contributed by atoms with Gasteiger partial charge in [0.25, 0.3) is 0 Å². The Morgan fingerprint density at radius 3 is 2.64 bits per heavy atom. The first-order chi connectivity index (χ1) is 5.20. The van der Waals surface area contributed by atoms with Crippen molar-refractivity contribution < 1.29 is 17.3 Å². The topological polar surface area (TPSA) is 46.5 Å². The molecular formula is C6H5FO3S. The predicted octanol–water partition coefficient (Wildman–Crippen LogP) is 1.34. The average molecular weight is 176 g/mol. The molecule has 11 heavy (non-hydrogen) atoms. The van der Waals surface area contributed by atoms with E-state index in [2.05, 4.69) is 4.18 Å². The summed E-state index contributed by atoms with van der Waals surface area (Å²) < 4.78 is 35.0. The number of hydrogen-bond acceptors (Lipinski definition) is 2. The van der Waals surface area contributed by atoms with Crippen LogP contribution in [0.5, 0.6) is 5.75 Å². The molecule has 1 unspecified atom stereocenters. The third kappa shape index (κ3) is 2.28. The summed E-state index contributed by atoms with van der Waals surface area (Å²) in [5.41, 5.74) is 0. The predicted molar refractivity (Wildman–Crippen MR) is 37.8 cm³/mol. The van der Waals surface area contributed by atoms with Crippen molar-refractivity contribution in [2.75, 3.05) is 0 Å². The minimum Gasteiger partial charge on any atom is -0.377 e. The van der Waals surface area contributed by atoms with Crippen molar-refractivity contribution in [1.29, 1.82) is 0 Å². The summed E-state index contributed by atoms with van der Waals surface area (Å²) in [6, 6.07) is 5.37. The molecule has 0 fully saturated rings. The van der Waals surface area contributed by atoms with E-state index in [0.29, 0.717) is 0 Å². The summed E-state index contributed by atoms with van der Waals surface area (Å²) in [6.07, 6.45) is 0. The molecule has 0 saturated carbocycles. The van der Waals surface area contributed by atoms with Crippen LogP contribution in [0, 0.1) is 5.82 Å². The van der Waals surface area contributed by atoms with Gasteiger partial charge in [-0.3, -0.25) is 4.55 Å². The van der Waals surface area contributed by atoms with Crippen LogP contribution in [0.1, 0.15) is 0 Å². The van der Waals surface area contributed by atoms with Gasteiger partial charge in [-0.25, -0.2) is 4.39 Å². The minimum absolute atomic E-state index is 0.228. The molecule has 0 aliphatic heterocycles. The van der Waals surface area contributed by atoms with Gasteiger partial charge in [0.2, 0.25) is 0 Å². The maximum absolute atomic E-state index is 12.6. The Hall–Kier alpha value is -0.940. The van der Waals surface area contributed by atoms with Crippen molar-refractivity contribution in [1.82, 2.24) is 0 Å². The van der Waals surface area contributed by atoms with Crippen molar-refractivity contribution in [3.05, 3.63) is 30.1 Å². The first-order valence-corrected chi connectivity index (χ1v) is 3.77. The lowest BCUT2D eigenvalue weighted by Gasteiger charge is -1.98. The second-order valence-electron chi connectivity index (χ2n) is 1.73. The van der Waals surface area contributed by atoms with Gasteiger partial charge in [-0.05, 0) is 12.1 Å². The lowest BCUT2D eigenvalue weighted by Crippen LogP contribution is -1.98. The molecule has 60 valence electrons. The molecule has 0 radical (unpaired) electrons. The highest BCUT2D eigenvalue weighted by atomic mass is 32.2. The van der Waals surface area contributed by atoms with Crippen LogP contribution in [-0.2, 0) is 11.4 Å². The molecule has 0 aromatic heterocycles. The molecule has 0 heterocycles. The lowest BCUT2D eigenvalue weighted by molar-refractivity contribution is 0.439. The second-order valence-corrected chi connectivity index (χ2v) is 2.33. The van der Waals surface area contributed by atoms with Crippen LogP contribution < -0.4 is 4.18 Å². The zero-order valence-electron chi connectivity index (χ0n) is 5.36. The largest absolute Gasteiger partial charge is 0.377 e. The monoisotopic (exact) mass is 176 g/mol. The summed E-state index contributed by atoms with van der Waals surface area (Å²) in [6.45, 7) is 0. The fourth-order valence-electron chi connectivity index (χ4n) is 0.589. The summed E-state index contributed by atoms with van der Waals surface area (Å²) >= 11 is -2.47. The molecule has 3 nitrogen and oxygen atoms in total. The van der Waals surface area contributed by atoms with Crippen LogP contribution in [0.25, 0.3) is 0 Å². The quantitative estimate of drug-likeness (QED) is 0.691. The number of para-hydroxylation sites is 1. The SMILES string of the molecule is O=S(O)Oc1ccccc1F. The molecular weight excluding hydrogens is 171 g/mol. The highest BCUT2D eigenvalue weighted by Gasteiger charge is 2.03. The summed E-state index contributed by atoms with van der Waals surface area (Å²) in [7, 11) is 0. The van der Waals surface area contributed by atoms with E-state index in [-0.39, 0.29) is 5.75 Å². The molecule has 1 rings (SSSR count). The van der Waals surface area contributed by atoms with E-state index in [9.17, 15) is 8.60 Å². The highest BCUT2D eigenvalue weighted by Crippen LogP contribution is 2.15. The van der Waals surface area contributed by atoms with Crippen molar-refractivity contribution in [3.8, 4) is 5.75 Å². The Kier molecular flexibility index (Phi) is 2.56. The third-order valence-electron chi connectivity index (χ3n) is 0.998. The molecule has 0 amide bonds. The summed E-state index contributed by atoms with van der Waals surface area (Å²) in [4.78, 5) is 0. The van der Waals surface area contributed by atoms with Gasteiger partial charge in [0.1, 0.15) is 0 Å². The lowest BCUT2D eigenvalue weighted by atomic mass is 10.3. The molecule has 0 spiro atoms. The Labute approximate surface area is 65.3 Å². The smallest absolute Gasteiger partial charge is 0.357 e. The van der Waals surface area contributed by atoms with Crippen LogP contribution in [-0.4, -0.2) is 8.76 Å². The van der Waals surface area contributed by atoms with Gasteiger partial charge in [-0.2, -0.15) is 4.21 Å². The Balaban J connectivity index is 2.86. The maximum Gasteiger partial charge on any atom is 0.357 e. The number of benzene rings is 1. The van der Waals surface area contributed by atoms with Crippen LogP contribution in [0.3, 0.4) is 0 Å². The van der Waals surface area contributed by atoms with Gasteiger partial charge >= 0.3 is 11.4 Å². The standard InChI is InChI=1S/C6H5FO3S/c7-5-3-1-2-4-6(5)10-11(8)9/h1-4H,(H,8,9). The van der Waals surface area contributed by atoms with Crippen LogP contribution >= 0.6 is 0 Å².